The van der Waals surface area contributed by atoms with Crippen molar-refractivity contribution in [2.24, 2.45) is 0 Å². The van der Waals surface area contributed by atoms with E-state index in [1.807, 2.05) is 78.5 Å². The molecule has 1 amide bonds. The first kappa shape index (κ1) is 17.2. The fourth-order valence-corrected chi connectivity index (χ4v) is 3.18. The largest absolute Gasteiger partial charge is 0.486 e. The van der Waals surface area contributed by atoms with Crippen molar-refractivity contribution in [2.45, 2.75) is 19.4 Å². The maximum absolute atomic E-state index is 12.4. The van der Waals surface area contributed by atoms with Crippen molar-refractivity contribution < 1.29 is 14.3 Å². The molecule has 1 unspecified atom stereocenters. The lowest BCUT2D eigenvalue weighted by Gasteiger charge is -2.21. The third-order valence-electron chi connectivity index (χ3n) is 4.65. The molecule has 0 saturated heterocycles. The Hall–Kier alpha value is -3.21. The Morgan fingerprint density at radius 3 is 2.48 bits per heavy atom. The summed E-state index contributed by atoms with van der Waals surface area (Å²) in [5.41, 5.74) is 3.06. The average molecular weight is 362 g/mol. The summed E-state index contributed by atoms with van der Waals surface area (Å²) in [5.74, 6) is 1.48. The monoisotopic (exact) mass is 362 g/mol. The van der Waals surface area contributed by atoms with Gasteiger partial charge in [0.1, 0.15) is 13.2 Å². The third kappa shape index (κ3) is 3.97. The van der Waals surface area contributed by atoms with Gasteiger partial charge in [0.15, 0.2) is 11.5 Å². The summed E-state index contributed by atoms with van der Waals surface area (Å²) in [6.45, 7) is 3.09. The number of ether oxygens (including phenoxy) is 2. The molecule has 2 aromatic carbocycles. The lowest BCUT2D eigenvalue weighted by atomic mass is 10.1. The van der Waals surface area contributed by atoms with E-state index in [1.54, 1.807) is 0 Å². The van der Waals surface area contributed by atoms with E-state index in [-0.39, 0.29) is 11.9 Å². The van der Waals surface area contributed by atoms with E-state index in [0.717, 1.165) is 28.3 Å². The minimum Gasteiger partial charge on any atom is -0.486 e. The maximum Gasteiger partial charge on any atom is 0.224 e. The Balaban J connectivity index is 1.37. The molecular formula is C22H22N2O3. The van der Waals surface area contributed by atoms with Crippen LogP contribution < -0.4 is 14.8 Å². The molecule has 2 heterocycles. The van der Waals surface area contributed by atoms with Crippen molar-refractivity contribution in [3.63, 3.8) is 0 Å². The smallest absolute Gasteiger partial charge is 0.224 e. The topological polar surface area (TPSA) is 52.5 Å². The van der Waals surface area contributed by atoms with Crippen LogP contribution in [0.15, 0.2) is 67.0 Å². The van der Waals surface area contributed by atoms with Gasteiger partial charge in [-0.15, -0.1) is 0 Å². The number of benzene rings is 2. The molecule has 1 aliphatic heterocycles. The van der Waals surface area contributed by atoms with Gasteiger partial charge in [-0.2, -0.15) is 0 Å². The van der Waals surface area contributed by atoms with Crippen LogP contribution in [0.3, 0.4) is 0 Å². The van der Waals surface area contributed by atoms with Gasteiger partial charge in [0.25, 0.3) is 0 Å². The lowest BCUT2D eigenvalue weighted by molar-refractivity contribution is -0.121. The molecule has 0 bridgehead atoms. The molecule has 1 N–H and O–H groups in total. The normalized spacial score (nSPS) is 13.8. The first-order valence-electron chi connectivity index (χ1n) is 9.10. The first-order chi connectivity index (χ1) is 13.2. The van der Waals surface area contributed by atoms with Crippen molar-refractivity contribution in [3.05, 3.63) is 78.1 Å². The number of nitrogens with one attached hydrogen (secondary N) is 1. The number of nitrogens with zero attached hydrogens (tertiary/aromatic N) is 1. The summed E-state index contributed by atoms with van der Waals surface area (Å²) in [6.07, 6.45) is 4.34. The van der Waals surface area contributed by atoms with Crippen LogP contribution in [0.25, 0.3) is 5.69 Å². The molecule has 0 saturated carbocycles. The molecule has 5 heteroatoms. The standard InChI is InChI=1S/C22H22N2O3/c1-16(18-6-9-20-21(15-18)27-13-12-26-20)23-22(25)14-17-4-7-19(8-5-17)24-10-2-3-11-24/h2-11,15-16H,12-14H2,1H3,(H,23,25). The predicted octanol–water partition coefficient (Wildman–Crippen LogP) is 3.67. The van der Waals surface area contributed by atoms with E-state index in [0.29, 0.717) is 19.6 Å². The van der Waals surface area contributed by atoms with Crippen molar-refractivity contribution >= 4 is 5.91 Å². The van der Waals surface area contributed by atoms with Crippen molar-refractivity contribution in [2.75, 3.05) is 13.2 Å². The zero-order chi connectivity index (χ0) is 18.6. The Kier molecular flexibility index (Phi) is 4.83. The average Bonchev–Trinajstić information content (AvgIpc) is 3.23. The van der Waals surface area contributed by atoms with Crippen LogP contribution >= 0.6 is 0 Å². The predicted molar refractivity (Wildman–Crippen MR) is 103 cm³/mol. The SMILES string of the molecule is CC(NC(=O)Cc1ccc(-n2cccc2)cc1)c1ccc2c(c1)OCCO2. The number of carbonyl (C=O) groups is 1. The minimum atomic E-state index is -0.104. The molecule has 4 rings (SSSR count). The Labute approximate surface area is 158 Å². The molecular weight excluding hydrogens is 340 g/mol. The lowest BCUT2D eigenvalue weighted by Crippen LogP contribution is -2.28. The van der Waals surface area contributed by atoms with Crippen LogP contribution in [0.5, 0.6) is 11.5 Å². The fourth-order valence-electron chi connectivity index (χ4n) is 3.18. The maximum atomic E-state index is 12.4. The highest BCUT2D eigenvalue weighted by atomic mass is 16.6. The van der Waals surface area contributed by atoms with E-state index in [2.05, 4.69) is 5.32 Å². The third-order valence-corrected chi connectivity index (χ3v) is 4.65. The van der Waals surface area contributed by atoms with Crippen LogP contribution in [0.4, 0.5) is 0 Å². The second-order valence-electron chi connectivity index (χ2n) is 6.63. The van der Waals surface area contributed by atoms with Gasteiger partial charge in [-0.1, -0.05) is 18.2 Å². The molecule has 138 valence electrons. The Morgan fingerprint density at radius 1 is 1.04 bits per heavy atom. The quantitative estimate of drug-likeness (QED) is 0.753. The molecule has 27 heavy (non-hydrogen) atoms. The van der Waals surface area contributed by atoms with Crippen LogP contribution in [0.1, 0.15) is 24.1 Å². The highest BCUT2D eigenvalue weighted by Gasteiger charge is 2.16. The summed E-state index contributed by atoms with van der Waals surface area (Å²) >= 11 is 0. The number of carbonyl (C=O) groups excluding carboxylic acids is 1. The molecule has 0 radical (unpaired) electrons. The molecule has 0 spiro atoms. The highest BCUT2D eigenvalue weighted by Crippen LogP contribution is 2.32. The zero-order valence-electron chi connectivity index (χ0n) is 15.2. The highest BCUT2D eigenvalue weighted by molar-refractivity contribution is 5.79. The second-order valence-corrected chi connectivity index (χ2v) is 6.63. The number of fused-ring (bicyclic) bond motifs is 1. The van der Waals surface area contributed by atoms with Gasteiger partial charge in [-0.3, -0.25) is 4.79 Å². The molecule has 0 aliphatic carbocycles. The van der Waals surface area contributed by atoms with E-state index < -0.39 is 0 Å². The first-order valence-corrected chi connectivity index (χ1v) is 9.10. The van der Waals surface area contributed by atoms with Gasteiger partial charge in [0, 0.05) is 18.1 Å². The molecule has 0 fully saturated rings. The van der Waals surface area contributed by atoms with E-state index >= 15 is 0 Å². The summed E-state index contributed by atoms with van der Waals surface area (Å²) in [6, 6.07) is 17.7. The summed E-state index contributed by atoms with van der Waals surface area (Å²) < 4.78 is 13.2. The molecule has 5 nitrogen and oxygen atoms in total. The van der Waals surface area contributed by atoms with Crippen LogP contribution in [-0.4, -0.2) is 23.7 Å². The van der Waals surface area contributed by atoms with Gasteiger partial charge in [0.05, 0.1) is 12.5 Å². The number of aromatic nitrogens is 1. The van der Waals surface area contributed by atoms with Crippen molar-refractivity contribution in [1.82, 2.24) is 9.88 Å². The van der Waals surface area contributed by atoms with Gasteiger partial charge in [0.2, 0.25) is 5.91 Å². The van der Waals surface area contributed by atoms with Crippen LogP contribution in [0, 0.1) is 0 Å². The zero-order valence-corrected chi connectivity index (χ0v) is 15.2. The van der Waals surface area contributed by atoms with Gasteiger partial charge in [-0.25, -0.2) is 0 Å². The minimum absolute atomic E-state index is 0.00824. The van der Waals surface area contributed by atoms with Gasteiger partial charge in [-0.05, 0) is 54.4 Å². The Morgan fingerprint density at radius 2 is 1.74 bits per heavy atom. The van der Waals surface area contributed by atoms with E-state index in [9.17, 15) is 4.79 Å². The number of hydrogen-bond donors (Lipinski definition) is 1. The summed E-state index contributed by atoms with van der Waals surface area (Å²) in [4.78, 5) is 12.4. The van der Waals surface area contributed by atoms with Crippen molar-refractivity contribution in [3.8, 4) is 17.2 Å². The number of rotatable bonds is 5. The molecule has 1 atom stereocenters. The van der Waals surface area contributed by atoms with Gasteiger partial charge >= 0.3 is 0 Å². The van der Waals surface area contributed by atoms with Crippen molar-refractivity contribution in [1.29, 1.82) is 0 Å². The summed E-state index contributed by atoms with van der Waals surface area (Å²) in [7, 11) is 0. The summed E-state index contributed by atoms with van der Waals surface area (Å²) in [5, 5.41) is 3.05. The number of hydrogen-bond acceptors (Lipinski definition) is 3. The molecule has 1 aliphatic rings. The molecule has 3 aromatic rings. The van der Waals surface area contributed by atoms with E-state index in [4.69, 9.17) is 9.47 Å². The van der Waals surface area contributed by atoms with Gasteiger partial charge < -0.3 is 19.4 Å². The van der Waals surface area contributed by atoms with E-state index in [1.165, 1.54) is 0 Å². The second kappa shape index (κ2) is 7.58. The fraction of sp³-hybridized carbons (Fsp3) is 0.227. The number of amides is 1. The van der Waals surface area contributed by atoms with Crippen LogP contribution in [0.2, 0.25) is 0 Å². The van der Waals surface area contributed by atoms with Crippen LogP contribution in [-0.2, 0) is 11.2 Å². The molecule has 1 aromatic heterocycles. The Bertz CT molecular complexity index is 917.